The van der Waals surface area contributed by atoms with Crippen LogP contribution in [-0.2, 0) is 11.3 Å². The molecule has 0 saturated carbocycles. The second kappa shape index (κ2) is 7.85. The number of benzene rings is 2. The highest BCUT2D eigenvalue weighted by Crippen LogP contribution is 2.14. The summed E-state index contributed by atoms with van der Waals surface area (Å²) in [5.41, 5.74) is 1.50. The van der Waals surface area contributed by atoms with E-state index < -0.39 is 6.10 Å². The highest BCUT2D eigenvalue weighted by Gasteiger charge is 2.14. The fraction of sp³-hybridized carbons (Fsp3) is 0.222. The van der Waals surface area contributed by atoms with Gasteiger partial charge >= 0.3 is 0 Å². The van der Waals surface area contributed by atoms with E-state index in [0.717, 1.165) is 11.3 Å². The topological polar surface area (TPSA) is 71.3 Å². The first-order valence-corrected chi connectivity index (χ1v) is 7.20. The van der Waals surface area contributed by atoms with Gasteiger partial charge in [0.1, 0.15) is 11.5 Å². The molecule has 0 aliphatic carbocycles. The summed E-state index contributed by atoms with van der Waals surface area (Å²) in [6.45, 7) is 2.08. The quantitative estimate of drug-likeness (QED) is 0.890. The minimum Gasteiger partial charge on any atom is -0.497 e. The number of carbonyl (C=O) groups is 1. The van der Waals surface area contributed by atoms with Crippen molar-refractivity contribution in [1.29, 1.82) is 5.26 Å². The zero-order valence-electron chi connectivity index (χ0n) is 13.1. The van der Waals surface area contributed by atoms with Crippen LogP contribution < -0.4 is 14.8 Å². The van der Waals surface area contributed by atoms with Crippen LogP contribution in [0, 0.1) is 11.3 Å². The Bertz CT molecular complexity index is 705. The third-order valence-corrected chi connectivity index (χ3v) is 3.27. The summed E-state index contributed by atoms with van der Waals surface area (Å²) in [7, 11) is 1.60. The Morgan fingerprint density at radius 3 is 2.61 bits per heavy atom. The molecule has 1 unspecified atom stereocenters. The molecule has 2 aromatic rings. The van der Waals surface area contributed by atoms with Gasteiger partial charge in [-0.3, -0.25) is 4.79 Å². The molecule has 0 fully saturated rings. The molecule has 1 amide bonds. The van der Waals surface area contributed by atoms with Crippen LogP contribution in [0.15, 0.2) is 48.5 Å². The van der Waals surface area contributed by atoms with Gasteiger partial charge in [-0.15, -0.1) is 0 Å². The van der Waals surface area contributed by atoms with Crippen LogP contribution in [0.3, 0.4) is 0 Å². The molecule has 0 aliphatic rings. The average molecular weight is 310 g/mol. The predicted octanol–water partition coefficient (Wildman–Crippen LogP) is 2.65. The first-order valence-electron chi connectivity index (χ1n) is 7.20. The van der Waals surface area contributed by atoms with Gasteiger partial charge in [-0.1, -0.05) is 12.1 Å². The molecular weight excluding hydrogens is 292 g/mol. The molecule has 0 saturated heterocycles. The molecule has 5 nitrogen and oxygen atoms in total. The molecule has 1 N–H and O–H groups in total. The number of rotatable bonds is 6. The van der Waals surface area contributed by atoms with E-state index in [1.54, 1.807) is 38.3 Å². The van der Waals surface area contributed by atoms with Crippen molar-refractivity contribution < 1.29 is 14.3 Å². The standard InChI is InChI=1S/C18H18N2O3/c1-13(23-16-8-6-14(11-19)7-9-16)18(21)20-12-15-4-3-5-17(10-15)22-2/h3-10,13H,12H2,1-2H3,(H,20,21). The summed E-state index contributed by atoms with van der Waals surface area (Å²) in [5, 5.41) is 11.6. The van der Waals surface area contributed by atoms with Crippen LogP contribution in [0.4, 0.5) is 0 Å². The maximum Gasteiger partial charge on any atom is 0.261 e. The normalized spacial score (nSPS) is 11.2. The van der Waals surface area contributed by atoms with Gasteiger partial charge in [0, 0.05) is 6.54 Å². The van der Waals surface area contributed by atoms with Gasteiger partial charge in [0.25, 0.3) is 5.91 Å². The van der Waals surface area contributed by atoms with Crippen LogP contribution in [0.2, 0.25) is 0 Å². The van der Waals surface area contributed by atoms with Crippen LogP contribution >= 0.6 is 0 Å². The fourth-order valence-electron chi connectivity index (χ4n) is 1.98. The molecule has 2 rings (SSSR count). The second-order valence-electron chi connectivity index (χ2n) is 4.97. The molecule has 0 aromatic heterocycles. The van der Waals surface area contributed by atoms with E-state index in [-0.39, 0.29) is 5.91 Å². The molecule has 5 heteroatoms. The van der Waals surface area contributed by atoms with Crippen LogP contribution in [0.25, 0.3) is 0 Å². The van der Waals surface area contributed by atoms with Crippen molar-refractivity contribution in [3.63, 3.8) is 0 Å². The van der Waals surface area contributed by atoms with Gasteiger partial charge in [0.05, 0.1) is 18.7 Å². The SMILES string of the molecule is COc1cccc(CNC(=O)C(C)Oc2ccc(C#N)cc2)c1. The van der Waals surface area contributed by atoms with Crippen LogP contribution in [0.5, 0.6) is 11.5 Å². The number of nitriles is 1. The van der Waals surface area contributed by atoms with Crippen LogP contribution in [0.1, 0.15) is 18.1 Å². The van der Waals surface area contributed by atoms with Crippen LogP contribution in [-0.4, -0.2) is 19.1 Å². The number of amides is 1. The van der Waals surface area contributed by atoms with Crippen molar-refractivity contribution >= 4 is 5.91 Å². The Hall–Kier alpha value is -3.00. The zero-order valence-corrected chi connectivity index (χ0v) is 13.1. The van der Waals surface area contributed by atoms with E-state index in [0.29, 0.717) is 17.9 Å². The number of ether oxygens (including phenoxy) is 2. The summed E-state index contributed by atoms with van der Waals surface area (Å²) in [4.78, 5) is 12.1. The third-order valence-electron chi connectivity index (χ3n) is 3.27. The van der Waals surface area contributed by atoms with Crippen molar-refractivity contribution in [2.75, 3.05) is 7.11 Å². The van der Waals surface area contributed by atoms with Gasteiger partial charge in [-0.25, -0.2) is 0 Å². The average Bonchev–Trinajstić information content (AvgIpc) is 2.60. The van der Waals surface area contributed by atoms with E-state index in [1.807, 2.05) is 30.3 Å². The number of nitrogens with one attached hydrogen (secondary N) is 1. The first-order chi connectivity index (χ1) is 11.1. The van der Waals surface area contributed by atoms with Gasteiger partial charge < -0.3 is 14.8 Å². The van der Waals surface area contributed by atoms with E-state index in [2.05, 4.69) is 5.32 Å². The number of methoxy groups -OCH3 is 1. The minimum absolute atomic E-state index is 0.211. The van der Waals surface area contributed by atoms with Gasteiger partial charge in [-0.2, -0.15) is 5.26 Å². The Kier molecular flexibility index (Phi) is 5.59. The maximum atomic E-state index is 12.1. The number of hydrogen-bond acceptors (Lipinski definition) is 4. The molecule has 0 heterocycles. The van der Waals surface area contributed by atoms with Crippen molar-refractivity contribution in [1.82, 2.24) is 5.32 Å². The van der Waals surface area contributed by atoms with Crippen molar-refractivity contribution in [2.45, 2.75) is 19.6 Å². The fourth-order valence-corrected chi connectivity index (χ4v) is 1.98. The lowest BCUT2D eigenvalue weighted by Crippen LogP contribution is -2.35. The lowest BCUT2D eigenvalue weighted by molar-refractivity contribution is -0.127. The van der Waals surface area contributed by atoms with E-state index >= 15 is 0 Å². The van der Waals surface area contributed by atoms with Gasteiger partial charge in [0.15, 0.2) is 6.10 Å². The Labute approximate surface area is 135 Å². The number of hydrogen-bond donors (Lipinski definition) is 1. The summed E-state index contributed by atoms with van der Waals surface area (Å²) < 4.78 is 10.7. The molecule has 0 bridgehead atoms. The van der Waals surface area contributed by atoms with Gasteiger partial charge in [0.2, 0.25) is 0 Å². The molecule has 1 atom stereocenters. The molecule has 0 radical (unpaired) electrons. The highest BCUT2D eigenvalue weighted by molar-refractivity contribution is 5.80. The number of nitrogens with zero attached hydrogens (tertiary/aromatic N) is 1. The summed E-state index contributed by atoms with van der Waals surface area (Å²) in [6, 6.07) is 16.2. The highest BCUT2D eigenvalue weighted by atomic mass is 16.5. The number of carbonyl (C=O) groups excluding carboxylic acids is 1. The Morgan fingerprint density at radius 1 is 1.22 bits per heavy atom. The predicted molar refractivity (Wildman–Crippen MR) is 86.1 cm³/mol. The first kappa shape index (κ1) is 16.4. The van der Waals surface area contributed by atoms with E-state index in [4.69, 9.17) is 14.7 Å². The molecule has 2 aromatic carbocycles. The maximum absolute atomic E-state index is 12.1. The van der Waals surface area contributed by atoms with E-state index in [9.17, 15) is 4.79 Å². The lowest BCUT2D eigenvalue weighted by atomic mass is 10.2. The molecule has 118 valence electrons. The molecule has 0 spiro atoms. The molecular formula is C18H18N2O3. The van der Waals surface area contributed by atoms with Crippen molar-refractivity contribution in [3.8, 4) is 17.6 Å². The van der Waals surface area contributed by atoms with Crippen molar-refractivity contribution in [3.05, 3.63) is 59.7 Å². The van der Waals surface area contributed by atoms with E-state index in [1.165, 1.54) is 0 Å². The molecule has 0 aliphatic heterocycles. The summed E-state index contributed by atoms with van der Waals surface area (Å²) in [5.74, 6) is 1.09. The summed E-state index contributed by atoms with van der Waals surface area (Å²) in [6.07, 6.45) is -0.631. The third kappa shape index (κ3) is 4.75. The monoisotopic (exact) mass is 310 g/mol. The van der Waals surface area contributed by atoms with Gasteiger partial charge in [-0.05, 0) is 48.9 Å². The summed E-state index contributed by atoms with van der Waals surface area (Å²) >= 11 is 0. The Balaban J connectivity index is 1.87. The second-order valence-corrected chi connectivity index (χ2v) is 4.97. The largest absolute Gasteiger partial charge is 0.497 e. The lowest BCUT2D eigenvalue weighted by Gasteiger charge is -2.15. The minimum atomic E-state index is -0.631. The molecule has 23 heavy (non-hydrogen) atoms. The Morgan fingerprint density at radius 2 is 1.96 bits per heavy atom. The van der Waals surface area contributed by atoms with Crippen molar-refractivity contribution in [2.24, 2.45) is 0 Å². The zero-order chi connectivity index (χ0) is 16.7. The smallest absolute Gasteiger partial charge is 0.261 e.